The molecule has 3 rings (SSSR count). The Morgan fingerprint density at radius 2 is 1.64 bits per heavy atom. The van der Waals surface area contributed by atoms with Crippen LogP contribution in [0.25, 0.3) is 0 Å². The van der Waals surface area contributed by atoms with E-state index in [4.69, 9.17) is 9.47 Å². The van der Waals surface area contributed by atoms with Crippen molar-refractivity contribution in [2.45, 2.75) is 6.18 Å². The summed E-state index contributed by atoms with van der Waals surface area (Å²) in [6.07, 6.45) is -4.96. The van der Waals surface area contributed by atoms with Crippen LogP contribution in [0.4, 0.5) is 24.5 Å². The first-order valence-corrected chi connectivity index (χ1v) is 9.29. The second-order valence-corrected chi connectivity index (χ2v) is 6.52. The number of anilines is 1. The zero-order valence-corrected chi connectivity index (χ0v) is 16.7. The largest absolute Gasteiger partial charge is 0.456 e. The molecule has 0 radical (unpaired) electrons. The Morgan fingerprint density at radius 3 is 2.30 bits per heavy atom. The van der Waals surface area contributed by atoms with E-state index in [1.807, 2.05) is 5.32 Å². The van der Waals surface area contributed by atoms with Gasteiger partial charge in [-0.15, -0.1) is 0 Å². The maximum atomic E-state index is 13.2. The fraction of sp³-hybridized carbons (Fsp3) is 0.0909. The molecule has 0 fully saturated rings. The molecule has 0 saturated heterocycles. The summed E-state index contributed by atoms with van der Waals surface area (Å²) in [5.74, 6) is -1.39. The predicted molar refractivity (Wildman–Crippen MR) is 110 cm³/mol. The molecule has 170 valence electrons. The molecule has 11 heteroatoms. The Hall–Kier alpha value is -4.41. The van der Waals surface area contributed by atoms with Crippen LogP contribution in [0, 0.1) is 10.1 Å². The lowest BCUT2D eigenvalue weighted by Gasteiger charge is -2.14. The predicted octanol–water partition coefficient (Wildman–Crippen LogP) is 5.20. The number of para-hydroxylation sites is 2. The molecule has 0 heterocycles. The van der Waals surface area contributed by atoms with Crippen molar-refractivity contribution < 1.29 is 37.2 Å². The van der Waals surface area contributed by atoms with Gasteiger partial charge in [0, 0.05) is 12.1 Å². The minimum Gasteiger partial charge on any atom is -0.456 e. The van der Waals surface area contributed by atoms with E-state index in [0.717, 1.165) is 12.1 Å². The van der Waals surface area contributed by atoms with Crippen molar-refractivity contribution in [2.24, 2.45) is 0 Å². The van der Waals surface area contributed by atoms with Gasteiger partial charge in [-0.2, -0.15) is 13.2 Å². The van der Waals surface area contributed by atoms with Gasteiger partial charge in [0.05, 0.1) is 16.2 Å². The van der Waals surface area contributed by atoms with Crippen LogP contribution in [-0.2, 0) is 15.7 Å². The van der Waals surface area contributed by atoms with Crippen molar-refractivity contribution in [1.29, 1.82) is 0 Å². The average molecular weight is 460 g/mol. The Balaban J connectivity index is 1.69. The van der Waals surface area contributed by atoms with E-state index in [9.17, 15) is 32.9 Å². The number of hydrogen-bond acceptors (Lipinski definition) is 6. The maximum Gasteiger partial charge on any atom is 0.418 e. The molecule has 3 aromatic rings. The molecular weight excluding hydrogens is 445 g/mol. The zero-order valence-electron chi connectivity index (χ0n) is 16.7. The maximum absolute atomic E-state index is 13.2. The van der Waals surface area contributed by atoms with E-state index in [2.05, 4.69) is 0 Å². The lowest BCUT2D eigenvalue weighted by atomic mass is 10.1. The number of nitro groups is 1. The molecular formula is C22H15F3N2O6. The van der Waals surface area contributed by atoms with Gasteiger partial charge in [0.1, 0.15) is 17.1 Å². The first-order valence-electron chi connectivity index (χ1n) is 9.29. The number of non-ortho nitro benzene ring substituents is 1. The third kappa shape index (κ3) is 6.06. The van der Waals surface area contributed by atoms with Crippen LogP contribution in [0.1, 0.15) is 15.9 Å². The van der Waals surface area contributed by atoms with E-state index in [1.54, 1.807) is 42.5 Å². The molecule has 0 aliphatic rings. The number of carbonyl (C=O) groups is 2. The summed E-state index contributed by atoms with van der Waals surface area (Å²) in [5, 5.41) is 12.7. The van der Waals surface area contributed by atoms with Gasteiger partial charge in [-0.1, -0.05) is 30.3 Å². The van der Waals surface area contributed by atoms with Gasteiger partial charge in [0.25, 0.3) is 11.6 Å². The van der Waals surface area contributed by atoms with E-state index in [1.165, 1.54) is 12.1 Å². The van der Waals surface area contributed by atoms with Crippen LogP contribution in [0.5, 0.6) is 11.5 Å². The Kier molecular flexibility index (Phi) is 6.91. The van der Waals surface area contributed by atoms with E-state index in [-0.39, 0.29) is 11.3 Å². The molecule has 0 unspecified atom stereocenters. The number of esters is 1. The summed E-state index contributed by atoms with van der Waals surface area (Å²) in [5.41, 5.74) is -2.90. The van der Waals surface area contributed by atoms with Gasteiger partial charge in [0.15, 0.2) is 6.61 Å². The first-order chi connectivity index (χ1) is 15.6. The molecule has 33 heavy (non-hydrogen) atoms. The molecule has 3 aromatic carbocycles. The highest BCUT2D eigenvalue weighted by molar-refractivity contribution is 5.97. The van der Waals surface area contributed by atoms with Crippen LogP contribution >= 0.6 is 0 Å². The molecule has 8 nitrogen and oxygen atoms in total. The van der Waals surface area contributed by atoms with Crippen LogP contribution < -0.4 is 10.1 Å². The fourth-order valence-corrected chi connectivity index (χ4v) is 2.72. The Morgan fingerprint density at radius 1 is 0.970 bits per heavy atom. The Labute approximate surface area is 184 Å². The number of benzene rings is 3. The number of hydrogen-bond donors (Lipinski definition) is 1. The number of nitro benzene ring substituents is 1. The number of ether oxygens (including phenoxy) is 2. The minimum atomic E-state index is -4.96. The second-order valence-electron chi connectivity index (χ2n) is 6.52. The van der Waals surface area contributed by atoms with Gasteiger partial charge in [-0.05, 0) is 30.3 Å². The van der Waals surface area contributed by atoms with Crippen molar-refractivity contribution in [3.05, 3.63) is 94.0 Å². The third-order valence-corrected chi connectivity index (χ3v) is 4.21. The fourth-order valence-electron chi connectivity index (χ4n) is 2.72. The molecule has 1 N–H and O–H groups in total. The molecule has 0 saturated carbocycles. The third-order valence-electron chi connectivity index (χ3n) is 4.21. The van der Waals surface area contributed by atoms with Crippen LogP contribution in [-0.4, -0.2) is 23.4 Å². The summed E-state index contributed by atoms with van der Waals surface area (Å²) >= 11 is 0. The van der Waals surface area contributed by atoms with Gasteiger partial charge in [-0.25, -0.2) is 4.79 Å². The van der Waals surface area contributed by atoms with E-state index >= 15 is 0 Å². The normalized spacial score (nSPS) is 10.9. The van der Waals surface area contributed by atoms with Gasteiger partial charge in [-0.3, -0.25) is 14.9 Å². The molecule has 0 bridgehead atoms. The number of nitrogens with one attached hydrogen (secondary N) is 1. The molecule has 0 atom stereocenters. The van der Waals surface area contributed by atoms with Crippen molar-refractivity contribution in [3.63, 3.8) is 0 Å². The summed E-state index contributed by atoms with van der Waals surface area (Å²) in [6, 6.07) is 16.5. The van der Waals surface area contributed by atoms with Gasteiger partial charge < -0.3 is 14.8 Å². The number of rotatable bonds is 7. The number of alkyl halides is 3. The number of carbonyl (C=O) groups excluding carboxylic acids is 2. The summed E-state index contributed by atoms with van der Waals surface area (Å²) in [4.78, 5) is 34.3. The highest BCUT2D eigenvalue weighted by Gasteiger charge is 2.35. The average Bonchev–Trinajstić information content (AvgIpc) is 2.78. The summed E-state index contributed by atoms with van der Waals surface area (Å²) in [6.45, 7) is -0.896. The molecule has 0 aliphatic carbocycles. The SMILES string of the molecule is O=C(COC(=O)c1ccccc1Oc1ccccc1)Nc1ccc([N+](=O)[O-])cc1C(F)(F)F. The Bertz CT molecular complexity index is 1180. The van der Waals surface area contributed by atoms with Crippen molar-refractivity contribution >= 4 is 23.3 Å². The standard InChI is InChI=1S/C22H15F3N2O6/c23-22(24,25)17-12-14(27(30)31)10-11-18(17)26-20(28)13-32-21(29)16-8-4-5-9-19(16)33-15-6-2-1-3-7-15/h1-12H,13H2,(H,26,28). The van der Waals surface area contributed by atoms with E-state index < -0.39 is 46.5 Å². The minimum absolute atomic E-state index is 0.000435. The molecule has 0 spiro atoms. The van der Waals surface area contributed by atoms with E-state index in [0.29, 0.717) is 11.8 Å². The van der Waals surface area contributed by atoms with Crippen LogP contribution in [0.15, 0.2) is 72.8 Å². The number of halogens is 3. The smallest absolute Gasteiger partial charge is 0.418 e. The highest BCUT2D eigenvalue weighted by atomic mass is 19.4. The number of amides is 1. The van der Waals surface area contributed by atoms with Crippen LogP contribution in [0.3, 0.4) is 0 Å². The topological polar surface area (TPSA) is 108 Å². The van der Waals surface area contributed by atoms with Crippen molar-refractivity contribution in [2.75, 3.05) is 11.9 Å². The van der Waals surface area contributed by atoms with Crippen LogP contribution in [0.2, 0.25) is 0 Å². The lowest BCUT2D eigenvalue weighted by Crippen LogP contribution is -2.23. The van der Waals surface area contributed by atoms with Gasteiger partial charge >= 0.3 is 12.1 Å². The second kappa shape index (κ2) is 9.81. The first kappa shape index (κ1) is 23.3. The lowest BCUT2D eigenvalue weighted by molar-refractivity contribution is -0.385. The molecule has 0 aliphatic heterocycles. The number of nitrogens with zero attached hydrogens (tertiary/aromatic N) is 1. The van der Waals surface area contributed by atoms with Crippen molar-refractivity contribution in [3.8, 4) is 11.5 Å². The summed E-state index contributed by atoms with van der Waals surface area (Å²) in [7, 11) is 0. The van der Waals surface area contributed by atoms with Gasteiger partial charge in [0.2, 0.25) is 0 Å². The summed E-state index contributed by atoms with van der Waals surface area (Å²) < 4.78 is 50.2. The monoisotopic (exact) mass is 460 g/mol. The van der Waals surface area contributed by atoms with Crippen molar-refractivity contribution in [1.82, 2.24) is 0 Å². The zero-order chi connectivity index (χ0) is 24.0. The molecule has 1 amide bonds. The quantitative estimate of drug-likeness (QED) is 0.295. The molecule has 0 aromatic heterocycles. The highest BCUT2D eigenvalue weighted by Crippen LogP contribution is 2.37.